The van der Waals surface area contributed by atoms with Gasteiger partial charge in [0.25, 0.3) is 0 Å². The first kappa shape index (κ1) is 21.6. The third kappa shape index (κ3) is 4.07. The Morgan fingerprint density at radius 2 is 1.85 bits per heavy atom. The van der Waals surface area contributed by atoms with Gasteiger partial charge in [-0.1, -0.05) is 30.3 Å². The number of carbonyl (C=O) groups excluding carboxylic acids is 1. The molecule has 0 aliphatic heterocycles. The fraction of sp³-hybridized carbons (Fsp3) is 0.200. The topological polar surface area (TPSA) is 102 Å². The molecule has 1 aliphatic rings. The highest BCUT2D eigenvalue weighted by atomic mass is 19.1. The van der Waals surface area contributed by atoms with Gasteiger partial charge in [0.2, 0.25) is 5.91 Å². The molecule has 0 radical (unpaired) electrons. The molecule has 2 unspecified atom stereocenters. The molecule has 0 spiro atoms. The van der Waals surface area contributed by atoms with Crippen LogP contribution in [0.25, 0.3) is 22.5 Å². The van der Waals surface area contributed by atoms with Crippen molar-refractivity contribution in [1.29, 1.82) is 0 Å². The molecule has 5 rings (SSSR count). The quantitative estimate of drug-likeness (QED) is 0.424. The molecule has 172 valence electrons. The number of carbonyl (C=O) groups is 1. The number of tetrazole rings is 1. The van der Waals surface area contributed by atoms with Crippen LogP contribution < -0.4 is 14.8 Å². The minimum absolute atomic E-state index is 0.106. The zero-order valence-electron chi connectivity index (χ0n) is 18.6. The Hall–Kier alpha value is -4.27. The summed E-state index contributed by atoms with van der Waals surface area (Å²) in [6, 6.07) is 17.7. The maximum Gasteiger partial charge on any atom is 0.228 e. The van der Waals surface area contributed by atoms with Gasteiger partial charge >= 0.3 is 0 Å². The van der Waals surface area contributed by atoms with Crippen LogP contribution in [0.1, 0.15) is 17.9 Å². The standard InChI is InChI=1S/C25H22FN5O3/c1-33-22-10-7-14(11-23(22)34-2)16-9-8-15(12-19(16)24-28-30-31-29-24)27-25(32)20-13-18(20)17-5-3-4-6-21(17)26/h3-12,18,20H,13H2,1-2H3,(H,27,32)(H,28,29,30,31). The summed E-state index contributed by atoms with van der Waals surface area (Å²) in [7, 11) is 3.16. The van der Waals surface area contributed by atoms with E-state index < -0.39 is 0 Å². The van der Waals surface area contributed by atoms with E-state index in [2.05, 4.69) is 25.9 Å². The van der Waals surface area contributed by atoms with Gasteiger partial charge in [-0.2, -0.15) is 0 Å². The van der Waals surface area contributed by atoms with Crippen LogP contribution >= 0.6 is 0 Å². The van der Waals surface area contributed by atoms with Crippen LogP contribution in [-0.2, 0) is 4.79 Å². The highest BCUT2D eigenvalue weighted by molar-refractivity contribution is 5.96. The van der Waals surface area contributed by atoms with Crippen LogP contribution in [0, 0.1) is 11.7 Å². The number of methoxy groups -OCH3 is 2. The molecule has 8 nitrogen and oxygen atoms in total. The first-order valence-electron chi connectivity index (χ1n) is 10.7. The number of nitrogens with one attached hydrogen (secondary N) is 2. The van der Waals surface area contributed by atoms with Crippen LogP contribution in [0.2, 0.25) is 0 Å². The molecule has 34 heavy (non-hydrogen) atoms. The number of ether oxygens (including phenoxy) is 2. The molecule has 1 saturated carbocycles. The van der Waals surface area contributed by atoms with Gasteiger partial charge in [-0.25, -0.2) is 9.49 Å². The zero-order valence-corrected chi connectivity index (χ0v) is 18.6. The SMILES string of the molecule is COc1ccc(-c2ccc(NC(=O)C3CC3c3ccccc3F)cc2-c2nnn[nH]2)cc1OC. The lowest BCUT2D eigenvalue weighted by Crippen LogP contribution is -2.14. The molecule has 0 saturated heterocycles. The highest BCUT2D eigenvalue weighted by Gasteiger charge is 2.45. The van der Waals surface area contributed by atoms with Gasteiger partial charge in [-0.05, 0) is 69.8 Å². The van der Waals surface area contributed by atoms with Crippen LogP contribution in [0.15, 0.2) is 60.7 Å². The van der Waals surface area contributed by atoms with Crippen LogP contribution in [-0.4, -0.2) is 40.8 Å². The Balaban J connectivity index is 1.43. The molecule has 2 atom stereocenters. The molecule has 1 heterocycles. The average Bonchev–Trinajstić information content (AvgIpc) is 3.47. The van der Waals surface area contributed by atoms with Crippen molar-refractivity contribution in [2.75, 3.05) is 19.5 Å². The smallest absolute Gasteiger partial charge is 0.228 e. The molecular weight excluding hydrogens is 437 g/mol. The molecule has 1 amide bonds. The Labute approximate surface area is 195 Å². The molecule has 4 aromatic rings. The number of hydrogen-bond donors (Lipinski definition) is 2. The Morgan fingerprint density at radius 3 is 2.59 bits per heavy atom. The summed E-state index contributed by atoms with van der Waals surface area (Å²) in [5, 5.41) is 17.2. The van der Waals surface area contributed by atoms with Crippen molar-refractivity contribution in [2.45, 2.75) is 12.3 Å². The van der Waals surface area contributed by atoms with Gasteiger partial charge in [0.15, 0.2) is 17.3 Å². The Kier molecular flexibility index (Phi) is 5.67. The van der Waals surface area contributed by atoms with Gasteiger partial charge in [0.1, 0.15) is 5.82 Å². The second-order valence-electron chi connectivity index (χ2n) is 8.04. The number of nitrogens with zero attached hydrogens (tertiary/aromatic N) is 3. The minimum Gasteiger partial charge on any atom is -0.493 e. The van der Waals surface area contributed by atoms with E-state index in [0.717, 1.165) is 11.1 Å². The molecule has 1 aromatic heterocycles. The first-order chi connectivity index (χ1) is 16.6. The number of H-pyrrole nitrogens is 1. The predicted octanol–water partition coefficient (Wildman–Crippen LogP) is 4.43. The lowest BCUT2D eigenvalue weighted by Gasteiger charge is -2.14. The summed E-state index contributed by atoms with van der Waals surface area (Å²) in [6.07, 6.45) is 0.620. The molecule has 0 bridgehead atoms. The van der Waals surface area contributed by atoms with E-state index in [1.165, 1.54) is 6.07 Å². The highest BCUT2D eigenvalue weighted by Crippen LogP contribution is 2.49. The number of amides is 1. The number of anilines is 1. The Morgan fingerprint density at radius 1 is 1.03 bits per heavy atom. The maximum absolute atomic E-state index is 14.1. The van der Waals surface area contributed by atoms with Crippen molar-refractivity contribution in [1.82, 2.24) is 20.6 Å². The lowest BCUT2D eigenvalue weighted by atomic mass is 9.98. The number of halogens is 1. The van der Waals surface area contributed by atoms with Gasteiger partial charge in [-0.3, -0.25) is 4.79 Å². The van der Waals surface area contributed by atoms with E-state index in [0.29, 0.717) is 40.6 Å². The predicted molar refractivity (Wildman–Crippen MR) is 124 cm³/mol. The summed E-state index contributed by atoms with van der Waals surface area (Å²) in [5.41, 5.74) is 3.59. The fourth-order valence-corrected chi connectivity index (χ4v) is 4.19. The summed E-state index contributed by atoms with van der Waals surface area (Å²) >= 11 is 0. The summed E-state index contributed by atoms with van der Waals surface area (Å²) < 4.78 is 24.9. The largest absolute Gasteiger partial charge is 0.493 e. The third-order valence-electron chi connectivity index (χ3n) is 6.01. The van der Waals surface area contributed by atoms with Crippen LogP contribution in [0.5, 0.6) is 11.5 Å². The molecule has 9 heteroatoms. The molecule has 1 fully saturated rings. The van der Waals surface area contributed by atoms with Gasteiger partial charge < -0.3 is 14.8 Å². The molecule has 2 N–H and O–H groups in total. The van der Waals surface area contributed by atoms with Crippen molar-refractivity contribution >= 4 is 11.6 Å². The average molecular weight is 459 g/mol. The van der Waals surface area contributed by atoms with Crippen molar-refractivity contribution in [3.63, 3.8) is 0 Å². The fourth-order valence-electron chi connectivity index (χ4n) is 4.19. The van der Waals surface area contributed by atoms with Gasteiger partial charge in [-0.15, -0.1) is 5.10 Å². The second-order valence-corrected chi connectivity index (χ2v) is 8.04. The van der Waals surface area contributed by atoms with E-state index in [-0.39, 0.29) is 23.6 Å². The van der Waals surface area contributed by atoms with E-state index in [1.807, 2.05) is 36.4 Å². The van der Waals surface area contributed by atoms with Crippen molar-refractivity contribution in [3.8, 4) is 34.0 Å². The molecular formula is C25H22FN5O3. The van der Waals surface area contributed by atoms with Crippen LogP contribution in [0.3, 0.4) is 0 Å². The van der Waals surface area contributed by atoms with E-state index in [4.69, 9.17) is 9.47 Å². The summed E-state index contributed by atoms with van der Waals surface area (Å²) in [5.74, 6) is 0.870. The summed E-state index contributed by atoms with van der Waals surface area (Å²) in [6.45, 7) is 0. The zero-order chi connectivity index (χ0) is 23.7. The van der Waals surface area contributed by atoms with E-state index in [9.17, 15) is 9.18 Å². The van der Waals surface area contributed by atoms with Gasteiger partial charge in [0.05, 0.1) is 14.2 Å². The molecule has 1 aliphatic carbocycles. The van der Waals surface area contributed by atoms with Crippen molar-refractivity contribution < 1.29 is 18.7 Å². The number of hydrogen-bond acceptors (Lipinski definition) is 6. The Bertz CT molecular complexity index is 1340. The molecule has 3 aromatic carbocycles. The number of aromatic amines is 1. The number of benzene rings is 3. The number of aromatic nitrogens is 4. The normalized spacial score (nSPS) is 16.7. The van der Waals surface area contributed by atoms with Crippen molar-refractivity contribution in [2.24, 2.45) is 5.92 Å². The van der Waals surface area contributed by atoms with Gasteiger partial charge in [0, 0.05) is 17.2 Å². The van der Waals surface area contributed by atoms with E-state index >= 15 is 0 Å². The van der Waals surface area contributed by atoms with E-state index in [1.54, 1.807) is 32.4 Å². The third-order valence-corrected chi connectivity index (χ3v) is 6.01. The van der Waals surface area contributed by atoms with Crippen LogP contribution in [0.4, 0.5) is 10.1 Å². The number of rotatable bonds is 7. The minimum atomic E-state index is -0.276. The second kappa shape index (κ2) is 8.93. The monoisotopic (exact) mass is 459 g/mol. The lowest BCUT2D eigenvalue weighted by molar-refractivity contribution is -0.117. The van der Waals surface area contributed by atoms with Crippen molar-refractivity contribution in [3.05, 3.63) is 72.0 Å². The first-order valence-corrected chi connectivity index (χ1v) is 10.7. The maximum atomic E-state index is 14.1. The summed E-state index contributed by atoms with van der Waals surface area (Å²) in [4.78, 5) is 12.9.